The smallest absolute Gasteiger partial charge is 0.153 e. The topological polar surface area (TPSA) is 84.0 Å². The Morgan fingerprint density at radius 1 is 1.12 bits per heavy atom. The molecule has 0 aliphatic carbocycles. The van der Waals surface area contributed by atoms with Gasteiger partial charge in [-0.15, -0.1) is 0 Å². The van der Waals surface area contributed by atoms with Crippen molar-refractivity contribution in [3.05, 3.63) is 11.4 Å². The second-order valence-corrected chi connectivity index (χ2v) is 5.48. The van der Waals surface area contributed by atoms with E-state index < -0.39 is 5.54 Å². The van der Waals surface area contributed by atoms with Crippen LogP contribution in [0.15, 0.2) is 16.4 Å². The van der Waals surface area contributed by atoms with E-state index in [9.17, 15) is 0 Å². The molecule has 1 aliphatic rings. The molecule has 90 valence electrons. The quantitative estimate of drug-likeness (QED) is 0.660. The van der Waals surface area contributed by atoms with Gasteiger partial charge in [-0.3, -0.25) is 4.99 Å². The van der Waals surface area contributed by atoms with Crippen molar-refractivity contribution < 1.29 is 0 Å². The Hall–Kier alpha value is -2.01. The second-order valence-electron chi connectivity index (χ2n) is 5.48. The predicted molar refractivity (Wildman–Crippen MR) is 65.8 cm³/mol. The molecule has 0 saturated heterocycles. The number of nitrogens with one attached hydrogen (secondary N) is 2. The van der Waals surface area contributed by atoms with Gasteiger partial charge >= 0.3 is 0 Å². The molecule has 0 aromatic heterocycles. The molecular weight excluding hydrogens is 214 g/mol. The molecule has 1 heterocycles. The highest BCUT2D eigenvalue weighted by atomic mass is 15.2. The lowest BCUT2D eigenvalue weighted by Gasteiger charge is -2.35. The Balaban J connectivity index is 3.24. The summed E-state index contributed by atoms with van der Waals surface area (Å²) < 4.78 is 0. The van der Waals surface area contributed by atoms with Crippen molar-refractivity contribution in [2.45, 2.75) is 45.7 Å². The summed E-state index contributed by atoms with van der Waals surface area (Å²) in [6.07, 6.45) is 0. The van der Waals surface area contributed by atoms with Crippen LogP contribution in [0.3, 0.4) is 0 Å². The van der Waals surface area contributed by atoms with E-state index in [0.29, 0.717) is 5.84 Å². The van der Waals surface area contributed by atoms with Crippen LogP contribution in [0.2, 0.25) is 0 Å². The molecule has 1 rings (SSSR count). The molecule has 0 atom stereocenters. The number of aliphatic imine (C=N–C) groups is 1. The zero-order valence-corrected chi connectivity index (χ0v) is 10.8. The molecule has 5 nitrogen and oxygen atoms in total. The number of hydrogen-bond donors (Lipinski definition) is 2. The first-order valence-electron chi connectivity index (χ1n) is 5.39. The Bertz CT molecular complexity index is 463. The Kier molecular flexibility index (Phi) is 3.15. The van der Waals surface area contributed by atoms with Gasteiger partial charge in [-0.25, -0.2) is 0 Å². The summed E-state index contributed by atoms with van der Waals surface area (Å²) in [4.78, 5) is 4.54. The molecule has 0 aromatic rings. The van der Waals surface area contributed by atoms with Crippen LogP contribution in [0, 0.1) is 22.7 Å². The molecule has 0 fully saturated rings. The van der Waals surface area contributed by atoms with Gasteiger partial charge in [0.05, 0.1) is 11.1 Å². The minimum absolute atomic E-state index is 0.217. The molecule has 0 radical (unpaired) electrons. The Labute approximate surface area is 102 Å². The Morgan fingerprint density at radius 2 is 1.65 bits per heavy atom. The van der Waals surface area contributed by atoms with Gasteiger partial charge in [0, 0.05) is 0 Å². The first-order chi connectivity index (χ1) is 7.69. The van der Waals surface area contributed by atoms with Crippen LogP contribution in [0.5, 0.6) is 0 Å². The van der Waals surface area contributed by atoms with Gasteiger partial charge in [-0.2, -0.15) is 10.5 Å². The largest absolute Gasteiger partial charge is 0.362 e. The molecule has 0 spiro atoms. The number of hydrogen-bond acceptors (Lipinski definition) is 4. The number of allylic oxidation sites excluding steroid dienone is 2. The van der Waals surface area contributed by atoms with E-state index in [2.05, 4.69) is 15.6 Å². The SMILES string of the molecule is CC(C)(C)N=C1NC(C#N)=C(C#N)NC1(C)C. The lowest BCUT2D eigenvalue weighted by Crippen LogP contribution is -2.57. The molecule has 0 saturated carbocycles. The number of amidine groups is 1. The first kappa shape index (κ1) is 13.1. The minimum Gasteiger partial charge on any atom is -0.362 e. The van der Waals surface area contributed by atoms with Crippen LogP contribution in [0.1, 0.15) is 34.6 Å². The number of rotatable bonds is 0. The third-order valence-corrected chi connectivity index (χ3v) is 2.19. The van der Waals surface area contributed by atoms with Crippen molar-refractivity contribution in [3.63, 3.8) is 0 Å². The van der Waals surface area contributed by atoms with Crippen LogP contribution >= 0.6 is 0 Å². The van der Waals surface area contributed by atoms with E-state index in [0.717, 1.165) is 0 Å². The zero-order chi connectivity index (χ0) is 13.3. The summed E-state index contributed by atoms with van der Waals surface area (Å²) in [6, 6.07) is 3.93. The molecular formula is C12H17N5. The summed E-state index contributed by atoms with van der Waals surface area (Å²) in [7, 11) is 0. The number of nitrogens with zero attached hydrogens (tertiary/aromatic N) is 3. The normalized spacial score (nSPS) is 21.2. The highest BCUT2D eigenvalue weighted by Gasteiger charge is 2.33. The van der Waals surface area contributed by atoms with Gasteiger partial charge in [0.15, 0.2) is 5.70 Å². The van der Waals surface area contributed by atoms with Gasteiger partial charge in [0.1, 0.15) is 23.7 Å². The van der Waals surface area contributed by atoms with E-state index in [-0.39, 0.29) is 16.9 Å². The predicted octanol–water partition coefficient (Wildman–Crippen LogP) is 1.41. The van der Waals surface area contributed by atoms with E-state index in [1.54, 1.807) is 0 Å². The van der Waals surface area contributed by atoms with E-state index >= 15 is 0 Å². The standard InChI is InChI=1S/C12H17N5/c1-11(2,3)17-10-12(4,5)16-9(7-14)8(6-13)15-10/h16H,1-5H3,(H,15,17). The summed E-state index contributed by atoms with van der Waals surface area (Å²) in [6.45, 7) is 9.76. The minimum atomic E-state index is -0.487. The van der Waals surface area contributed by atoms with Crippen LogP contribution in [0.25, 0.3) is 0 Å². The van der Waals surface area contributed by atoms with Crippen molar-refractivity contribution in [2.24, 2.45) is 4.99 Å². The third-order valence-electron chi connectivity index (χ3n) is 2.19. The fraction of sp³-hybridized carbons (Fsp3) is 0.583. The second kappa shape index (κ2) is 4.10. The average Bonchev–Trinajstić information content (AvgIpc) is 2.18. The maximum atomic E-state index is 8.96. The van der Waals surface area contributed by atoms with Crippen LogP contribution in [-0.4, -0.2) is 16.9 Å². The van der Waals surface area contributed by atoms with Gasteiger partial charge in [0.25, 0.3) is 0 Å². The highest BCUT2D eigenvalue weighted by molar-refractivity contribution is 5.94. The molecule has 0 amide bonds. The van der Waals surface area contributed by atoms with Crippen LogP contribution in [-0.2, 0) is 0 Å². The van der Waals surface area contributed by atoms with Gasteiger partial charge in [-0.1, -0.05) is 0 Å². The van der Waals surface area contributed by atoms with E-state index in [4.69, 9.17) is 10.5 Å². The van der Waals surface area contributed by atoms with Gasteiger partial charge in [-0.05, 0) is 34.6 Å². The van der Waals surface area contributed by atoms with Gasteiger partial charge in [0.2, 0.25) is 0 Å². The summed E-state index contributed by atoms with van der Waals surface area (Å²) in [5, 5.41) is 23.9. The van der Waals surface area contributed by atoms with Crippen molar-refractivity contribution in [3.8, 4) is 12.1 Å². The number of nitriles is 2. The lowest BCUT2D eigenvalue weighted by atomic mass is 9.98. The Morgan fingerprint density at radius 3 is 2.06 bits per heavy atom. The summed E-state index contributed by atoms with van der Waals surface area (Å²) >= 11 is 0. The molecule has 0 aromatic carbocycles. The molecule has 1 aliphatic heterocycles. The first-order valence-corrected chi connectivity index (χ1v) is 5.39. The fourth-order valence-electron chi connectivity index (χ4n) is 1.44. The summed E-state index contributed by atoms with van der Waals surface area (Å²) in [5.41, 5.74) is -0.259. The molecule has 2 N–H and O–H groups in total. The van der Waals surface area contributed by atoms with Crippen molar-refractivity contribution >= 4 is 5.84 Å². The highest BCUT2D eigenvalue weighted by Crippen LogP contribution is 2.18. The maximum absolute atomic E-state index is 8.96. The molecule has 0 unspecified atom stereocenters. The summed E-state index contributed by atoms with van der Waals surface area (Å²) in [5.74, 6) is 0.667. The lowest BCUT2D eigenvalue weighted by molar-refractivity contribution is 0.512. The van der Waals surface area contributed by atoms with Crippen molar-refractivity contribution in [1.29, 1.82) is 10.5 Å². The molecule has 0 bridgehead atoms. The van der Waals surface area contributed by atoms with Crippen LogP contribution < -0.4 is 10.6 Å². The van der Waals surface area contributed by atoms with Gasteiger partial charge < -0.3 is 10.6 Å². The monoisotopic (exact) mass is 231 g/mol. The van der Waals surface area contributed by atoms with E-state index in [1.807, 2.05) is 46.8 Å². The molecule has 17 heavy (non-hydrogen) atoms. The van der Waals surface area contributed by atoms with Crippen LogP contribution in [0.4, 0.5) is 0 Å². The van der Waals surface area contributed by atoms with Crippen molar-refractivity contribution in [1.82, 2.24) is 10.6 Å². The fourth-order valence-corrected chi connectivity index (χ4v) is 1.44. The zero-order valence-electron chi connectivity index (χ0n) is 10.8. The van der Waals surface area contributed by atoms with E-state index in [1.165, 1.54) is 0 Å². The third kappa shape index (κ3) is 2.98. The molecule has 5 heteroatoms. The average molecular weight is 231 g/mol. The van der Waals surface area contributed by atoms with Crippen molar-refractivity contribution in [2.75, 3.05) is 0 Å². The maximum Gasteiger partial charge on any atom is 0.153 e.